The van der Waals surface area contributed by atoms with Crippen molar-refractivity contribution in [3.05, 3.63) is 74.9 Å². The molecular weight excluding hydrogens is 515 g/mol. The van der Waals surface area contributed by atoms with Gasteiger partial charge in [-0.05, 0) is 42.2 Å². The van der Waals surface area contributed by atoms with Crippen LogP contribution in [0.5, 0.6) is 0 Å². The second-order valence-electron chi connectivity index (χ2n) is 12.0. The molecule has 11 heteroatoms. The number of allylic oxidation sites excluding steroid dienone is 1. The molecule has 1 aromatic rings. The van der Waals surface area contributed by atoms with Crippen molar-refractivity contribution in [2.24, 2.45) is 11.3 Å². The highest BCUT2D eigenvalue weighted by Crippen LogP contribution is 2.66. The Hall–Kier alpha value is -3.02. The van der Waals surface area contributed by atoms with E-state index < -0.39 is 40.1 Å². The van der Waals surface area contributed by atoms with E-state index in [2.05, 4.69) is 19.4 Å². The summed E-state index contributed by atoms with van der Waals surface area (Å²) in [5.74, 6) is -1.48. The van der Waals surface area contributed by atoms with Gasteiger partial charge in [0.2, 0.25) is 0 Å². The Morgan fingerprint density at radius 1 is 1.23 bits per heavy atom. The van der Waals surface area contributed by atoms with Crippen LogP contribution in [-0.2, 0) is 9.53 Å². The zero-order valence-corrected chi connectivity index (χ0v) is 21.7. The van der Waals surface area contributed by atoms with Crippen molar-refractivity contribution in [1.29, 1.82) is 0 Å². The van der Waals surface area contributed by atoms with Crippen LogP contribution >= 0.6 is 0 Å². The van der Waals surface area contributed by atoms with Gasteiger partial charge in [0, 0.05) is 24.2 Å². The van der Waals surface area contributed by atoms with E-state index in [4.69, 9.17) is 4.74 Å². The number of carbonyl (C=O) groups excluding carboxylic acids is 1. The van der Waals surface area contributed by atoms with Crippen molar-refractivity contribution in [3.63, 3.8) is 0 Å². The molecule has 3 fully saturated rings. The maximum atomic E-state index is 14.3. The Balaban J connectivity index is 1.42. The highest BCUT2D eigenvalue weighted by Gasteiger charge is 2.70. The van der Waals surface area contributed by atoms with Gasteiger partial charge in [0.1, 0.15) is 6.10 Å². The first-order valence-electron chi connectivity index (χ1n) is 13.3. The highest BCUT2D eigenvalue weighted by molar-refractivity contribution is 6.01. The van der Waals surface area contributed by atoms with Crippen LogP contribution in [0.4, 0.5) is 13.2 Å². The number of amides is 1. The van der Waals surface area contributed by atoms with Crippen LogP contribution in [0.3, 0.4) is 0 Å². The maximum Gasteiger partial charge on any atom is 0.428 e. The van der Waals surface area contributed by atoms with Crippen molar-refractivity contribution in [3.8, 4) is 0 Å². The lowest BCUT2D eigenvalue weighted by atomic mass is 9.50. The number of carbonyl (C=O) groups is 1. The Bertz CT molecular complexity index is 1340. The summed E-state index contributed by atoms with van der Waals surface area (Å²) in [6.07, 6.45) is 0.649. The number of benzene rings is 1. The summed E-state index contributed by atoms with van der Waals surface area (Å²) in [4.78, 5) is 23.9. The third-order valence-corrected chi connectivity index (χ3v) is 9.75. The van der Waals surface area contributed by atoms with E-state index >= 15 is 0 Å². The summed E-state index contributed by atoms with van der Waals surface area (Å²) in [6, 6.07) is 6.82. The average molecular weight is 547 g/mol. The average Bonchev–Trinajstić information content (AvgIpc) is 3.21. The second kappa shape index (κ2) is 8.49. The number of nitro groups is 1. The van der Waals surface area contributed by atoms with Crippen molar-refractivity contribution in [2.45, 2.75) is 62.3 Å². The Labute approximate surface area is 223 Å². The molecule has 1 spiro atoms. The predicted molar refractivity (Wildman–Crippen MR) is 134 cm³/mol. The third-order valence-electron chi connectivity index (χ3n) is 9.75. The van der Waals surface area contributed by atoms with Gasteiger partial charge in [-0.1, -0.05) is 30.7 Å². The molecule has 1 amide bonds. The number of nitrogens with one attached hydrogen (secondary N) is 1. The lowest BCUT2D eigenvalue weighted by Crippen LogP contribution is -2.67. The third kappa shape index (κ3) is 3.73. The smallest absolute Gasteiger partial charge is 0.365 e. The Morgan fingerprint density at radius 2 is 1.95 bits per heavy atom. The van der Waals surface area contributed by atoms with Gasteiger partial charge in [-0.15, -0.1) is 0 Å². The number of halogens is 3. The number of alkyl halides is 3. The first-order chi connectivity index (χ1) is 18.3. The minimum absolute atomic E-state index is 0.214. The fourth-order valence-electron chi connectivity index (χ4n) is 8.11. The molecule has 2 unspecified atom stereocenters. The molecule has 2 heterocycles. The molecule has 2 bridgehead atoms. The largest absolute Gasteiger partial charge is 0.428 e. The van der Waals surface area contributed by atoms with Crippen molar-refractivity contribution in [1.82, 2.24) is 5.32 Å². The minimum atomic E-state index is -5.36. The molecule has 0 aromatic heterocycles. The Morgan fingerprint density at radius 3 is 2.62 bits per heavy atom. The van der Waals surface area contributed by atoms with E-state index in [-0.39, 0.29) is 17.1 Å². The predicted octanol–water partition coefficient (Wildman–Crippen LogP) is 3.71. The molecule has 3 aliphatic carbocycles. The fraction of sp³-hybridized carbons (Fsp3) is 0.536. The van der Waals surface area contributed by atoms with Gasteiger partial charge in [-0.3, -0.25) is 14.9 Å². The number of piperidine rings is 1. The fourth-order valence-corrected chi connectivity index (χ4v) is 8.11. The van der Waals surface area contributed by atoms with E-state index in [1.165, 1.54) is 24.3 Å². The van der Waals surface area contributed by atoms with E-state index in [1.54, 1.807) is 6.08 Å². The number of hydrogen-bond acceptors (Lipinski definition) is 5. The van der Waals surface area contributed by atoms with Crippen molar-refractivity contribution < 1.29 is 37.2 Å². The molecule has 6 rings (SSSR count). The number of likely N-dealkylation sites (tertiary alicyclic amines) is 1. The summed E-state index contributed by atoms with van der Waals surface area (Å²) in [5, 5.41) is 25.7. The molecule has 1 saturated carbocycles. The number of hydrogen-bond donors (Lipinski definition) is 2. The zero-order chi connectivity index (χ0) is 28.0. The Kier molecular flexibility index (Phi) is 5.71. The molecule has 1 aromatic carbocycles. The van der Waals surface area contributed by atoms with Crippen LogP contribution in [0, 0.1) is 21.4 Å². The van der Waals surface area contributed by atoms with E-state index in [1.807, 2.05) is 0 Å². The molecule has 2 aliphatic heterocycles. The molecule has 208 valence electrons. The van der Waals surface area contributed by atoms with Crippen molar-refractivity contribution >= 4 is 11.6 Å². The maximum absolute atomic E-state index is 14.3. The SMILES string of the molecule is C[N+]1(C)CC[C@]23C4=C5C=CC(O)(NC(=O)C(=C(c6ccccc6)[N+](=O)[O-])C(F)(F)F)C4O[C@H]2CCC[C@H]3[C@H]1C5. The van der Waals surface area contributed by atoms with Crippen LogP contribution in [0.2, 0.25) is 0 Å². The molecule has 39 heavy (non-hydrogen) atoms. The van der Waals surface area contributed by atoms with Gasteiger partial charge in [0.25, 0.3) is 11.6 Å². The van der Waals surface area contributed by atoms with Crippen LogP contribution in [0.15, 0.2) is 59.2 Å². The van der Waals surface area contributed by atoms with Gasteiger partial charge in [0.05, 0.1) is 43.3 Å². The standard InChI is InChI=1S/C28H30F3N3O5/c1-34(2)14-13-26-18-9-6-10-20(26)39-24-21(26)17(15-19(18)34)11-12-27(24,36)32-25(35)22(28(29,30)31)23(33(37)38)16-7-4-3-5-8-16/h3-5,7-8,11-12,18-20,24,36H,6,9-10,13-15H2,1-2H3/p+1/t18-,19+,20-,24?,26+,27?/m0/s1. The van der Waals surface area contributed by atoms with Gasteiger partial charge in [0.15, 0.2) is 11.3 Å². The number of rotatable bonds is 4. The van der Waals surface area contributed by atoms with E-state index in [0.717, 1.165) is 66.4 Å². The van der Waals surface area contributed by atoms with Gasteiger partial charge < -0.3 is 19.6 Å². The second-order valence-corrected chi connectivity index (χ2v) is 12.0. The van der Waals surface area contributed by atoms with E-state index in [0.29, 0.717) is 12.0 Å². The minimum Gasteiger partial charge on any atom is -0.365 e. The first kappa shape index (κ1) is 26.2. The topological polar surface area (TPSA) is 102 Å². The quantitative estimate of drug-likeness (QED) is 0.197. The summed E-state index contributed by atoms with van der Waals surface area (Å²) < 4.78 is 50.1. The number of nitrogens with zero attached hydrogens (tertiary/aromatic N) is 2. The monoisotopic (exact) mass is 546 g/mol. The van der Waals surface area contributed by atoms with Gasteiger partial charge in [-0.2, -0.15) is 13.2 Å². The van der Waals surface area contributed by atoms with Crippen molar-refractivity contribution in [2.75, 3.05) is 20.6 Å². The normalized spacial score (nSPS) is 36.7. The van der Waals surface area contributed by atoms with Crippen LogP contribution < -0.4 is 5.32 Å². The van der Waals surface area contributed by atoms with Gasteiger partial charge in [-0.25, -0.2) is 0 Å². The molecule has 8 nitrogen and oxygen atoms in total. The lowest BCUT2D eigenvalue weighted by molar-refractivity contribution is -0.928. The highest BCUT2D eigenvalue weighted by atomic mass is 19.4. The number of aliphatic hydroxyl groups is 1. The summed E-state index contributed by atoms with van der Waals surface area (Å²) in [7, 11) is 4.46. The van der Waals surface area contributed by atoms with Crippen LogP contribution in [-0.4, -0.2) is 71.2 Å². The molecule has 6 atom stereocenters. The number of quaternary nitrogens is 1. The molecule has 2 N–H and O–H groups in total. The van der Waals surface area contributed by atoms with Crippen LogP contribution in [0.25, 0.3) is 5.70 Å². The molecule has 2 saturated heterocycles. The summed E-state index contributed by atoms with van der Waals surface area (Å²) >= 11 is 0. The first-order valence-corrected chi connectivity index (χ1v) is 13.3. The molecular formula is C28H31F3N3O5+. The number of ether oxygens (including phenoxy) is 1. The lowest BCUT2D eigenvalue weighted by Gasteiger charge is -2.60. The zero-order valence-electron chi connectivity index (χ0n) is 21.7. The van der Waals surface area contributed by atoms with Crippen LogP contribution in [0.1, 0.15) is 37.7 Å². The molecule has 0 radical (unpaired) electrons. The van der Waals surface area contributed by atoms with Gasteiger partial charge >= 0.3 is 6.18 Å². The van der Waals surface area contributed by atoms with E-state index in [9.17, 15) is 33.2 Å². The molecule has 5 aliphatic rings. The summed E-state index contributed by atoms with van der Waals surface area (Å²) in [5.41, 5.74) is -4.46. The summed E-state index contributed by atoms with van der Waals surface area (Å²) in [6.45, 7) is 0.906.